The van der Waals surface area contributed by atoms with E-state index in [1.807, 2.05) is 0 Å². The third-order valence-electron chi connectivity index (χ3n) is 8.77. The van der Waals surface area contributed by atoms with Gasteiger partial charge in [-0.3, -0.25) is 4.79 Å². The molecule has 4 fully saturated rings. The quantitative estimate of drug-likeness (QED) is 0.609. The molecule has 0 aromatic rings. The number of carbonyl (C=O) groups excluding carboxylic acids is 1. The molecule has 130 valence electrons. The fourth-order valence-electron chi connectivity index (χ4n) is 7.67. The fraction of sp³-hybridized carbons (Fsp3) is 0.952. The summed E-state index contributed by atoms with van der Waals surface area (Å²) in [4.78, 5) is 11.7. The molecule has 2 nitrogen and oxygen atoms in total. The zero-order chi connectivity index (χ0) is 16.2. The molecule has 4 saturated carbocycles. The molecule has 0 N–H and O–H groups in total. The molecule has 0 spiro atoms. The van der Waals surface area contributed by atoms with E-state index >= 15 is 0 Å². The molecule has 0 aliphatic heterocycles. The monoisotopic (exact) mass is 318 g/mol. The summed E-state index contributed by atoms with van der Waals surface area (Å²) >= 11 is 0. The summed E-state index contributed by atoms with van der Waals surface area (Å²) in [5.74, 6) is 3.35. The standard InChI is InChI=1S/C21H34O2/c1-14(22)23-19-8-4-6-15-9-10-16-17-7-5-12-20(17,2)13-11-18(16)21(15,19)3/h15-19H,4-13H2,1-3H3/t15-,16-,17+,18+,19+,20-,21+/m1/s1. The average Bonchev–Trinajstić information content (AvgIpc) is 2.89. The summed E-state index contributed by atoms with van der Waals surface area (Å²) in [6.45, 7) is 6.67. The van der Waals surface area contributed by atoms with Gasteiger partial charge in [-0.15, -0.1) is 0 Å². The second kappa shape index (κ2) is 5.49. The van der Waals surface area contributed by atoms with E-state index < -0.39 is 0 Å². The van der Waals surface area contributed by atoms with E-state index in [1.165, 1.54) is 57.8 Å². The highest BCUT2D eigenvalue weighted by Gasteiger charge is 2.60. The third-order valence-corrected chi connectivity index (χ3v) is 8.77. The lowest BCUT2D eigenvalue weighted by atomic mass is 9.44. The van der Waals surface area contributed by atoms with E-state index in [-0.39, 0.29) is 17.5 Å². The predicted molar refractivity (Wildman–Crippen MR) is 91.9 cm³/mol. The summed E-state index contributed by atoms with van der Waals surface area (Å²) in [5.41, 5.74) is 0.868. The Morgan fingerprint density at radius 3 is 2.52 bits per heavy atom. The minimum absolute atomic E-state index is 0.0690. The SMILES string of the molecule is CC(=O)O[C@H]1CCC[C@@H]2CC[C@@H]3[C@@H]4CCC[C@]4(C)CC[C@@H]3[C@]21C. The van der Waals surface area contributed by atoms with Crippen LogP contribution in [-0.2, 0) is 9.53 Å². The van der Waals surface area contributed by atoms with Gasteiger partial charge in [0.05, 0.1) is 0 Å². The first kappa shape index (κ1) is 16.0. The van der Waals surface area contributed by atoms with Gasteiger partial charge in [0.2, 0.25) is 0 Å². The molecule has 0 aromatic heterocycles. The van der Waals surface area contributed by atoms with E-state index in [9.17, 15) is 4.79 Å². The van der Waals surface area contributed by atoms with Crippen LogP contribution in [0, 0.1) is 34.5 Å². The number of esters is 1. The van der Waals surface area contributed by atoms with Crippen molar-refractivity contribution in [3.05, 3.63) is 0 Å². The summed E-state index contributed by atoms with van der Waals surface area (Å²) < 4.78 is 5.91. The number of hydrogen-bond donors (Lipinski definition) is 0. The van der Waals surface area contributed by atoms with E-state index in [0.717, 1.165) is 30.1 Å². The summed E-state index contributed by atoms with van der Waals surface area (Å²) in [7, 11) is 0. The van der Waals surface area contributed by atoms with Gasteiger partial charge in [-0.25, -0.2) is 0 Å². The summed E-state index contributed by atoms with van der Waals surface area (Å²) in [5, 5.41) is 0. The van der Waals surface area contributed by atoms with Crippen molar-refractivity contribution in [3.8, 4) is 0 Å². The van der Waals surface area contributed by atoms with Crippen LogP contribution in [0.2, 0.25) is 0 Å². The van der Waals surface area contributed by atoms with Crippen LogP contribution in [0.3, 0.4) is 0 Å². The van der Waals surface area contributed by atoms with Crippen molar-refractivity contribution in [1.29, 1.82) is 0 Å². The molecule has 4 rings (SSSR count). The minimum Gasteiger partial charge on any atom is -0.462 e. The zero-order valence-electron chi connectivity index (χ0n) is 15.3. The maximum atomic E-state index is 11.7. The molecule has 0 radical (unpaired) electrons. The van der Waals surface area contributed by atoms with Gasteiger partial charge in [-0.05, 0) is 86.9 Å². The molecule has 2 heteroatoms. The summed E-state index contributed by atoms with van der Waals surface area (Å²) in [6.07, 6.45) is 13.8. The molecular formula is C21H34O2. The van der Waals surface area contributed by atoms with E-state index in [0.29, 0.717) is 5.41 Å². The van der Waals surface area contributed by atoms with Crippen LogP contribution >= 0.6 is 0 Å². The van der Waals surface area contributed by atoms with Crippen molar-refractivity contribution >= 4 is 5.97 Å². The Balaban J connectivity index is 1.66. The van der Waals surface area contributed by atoms with Gasteiger partial charge in [-0.1, -0.05) is 20.3 Å². The van der Waals surface area contributed by atoms with E-state index in [2.05, 4.69) is 13.8 Å². The van der Waals surface area contributed by atoms with Gasteiger partial charge < -0.3 is 4.74 Å². The number of rotatable bonds is 1. The number of fused-ring (bicyclic) bond motifs is 5. The Morgan fingerprint density at radius 2 is 1.74 bits per heavy atom. The molecule has 0 bridgehead atoms. The molecule has 0 heterocycles. The first-order valence-electron chi connectivity index (χ1n) is 10.1. The highest BCUT2D eigenvalue weighted by molar-refractivity contribution is 5.66. The Morgan fingerprint density at radius 1 is 0.913 bits per heavy atom. The van der Waals surface area contributed by atoms with Crippen LogP contribution < -0.4 is 0 Å². The van der Waals surface area contributed by atoms with Crippen LogP contribution in [0.4, 0.5) is 0 Å². The lowest BCUT2D eigenvalue weighted by molar-refractivity contribution is -0.188. The maximum absolute atomic E-state index is 11.7. The van der Waals surface area contributed by atoms with Crippen LogP contribution in [0.25, 0.3) is 0 Å². The Kier molecular flexibility index (Phi) is 3.81. The number of hydrogen-bond acceptors (Lipinski definition) is 2. The van der Waals surface area contributed by atoms with E-state index in [1.54, 1.807) is 6.92 Å². The second-order valence-electron chi connectivity index (χ2n) is 9.63. The normalized spacial score (nSPS) is 52.2. The molecule has 0 saturated heterocycles. The van der Waals surface area contributed by atoms with Gasteiger partial charge in [0.1, 0.15) is 6.10 Å². The molecule has 0 aromatic carbocycles. The van der Waals surface area contributed by atoms with Crippen LogP contribution in [0.15, 0.2) is 0 Å². The highest BCUT2D eigenvalue weighted by atomic mass is 16.5. The Hall–Kier alpha value is -0.530. The molecular weight excluding hydrogens is 284 g/mol. The molecule has 4 aliphatic rings. The van der Waals surface area contributed by atoms with Crippen molar-refractivity contribution in [2.75, 3.05) is 0 Å². The first-order chi connectivity index (χ1) is 10.9. The van der Waals surface area contributed by atoms with Crippen LogP contribution in [0.1, 0.15) is 85.0 Å². The van der Waals surface area contributed by atoms with Crippen molar-refractivity contribution in [1.82, 2.24) is 0 Å². The third kappa shape index (κ3) is 2.30. The molecule has 4 aliphatic carbocycles. The van der Waals surface area contributed by atoms with Gasteiger partial charge in [0.25, 0.3) is 0 Å². The lowest BCUT2D eigenvalue weighted by Gasteiger charge is -2.61. The maximum Gasteiger partial charge on any atom is 0.302 e. The van der Waals surface area contributed by atoms with Crippen LogP contribution in [0.5, 0.6) is 0 Å². The highest BCUT2D eigenvalue weighted by Crippen LogP contribution is 2.66. The van der Waals surface area contributed by atoms with Crippen molar-refractivity contribution in [3.63, 3.8) is 0 Å². The largest absolute Gasteiger partial charge is 0.462 e. The first-order valence-corrected chi connectivity index (χ1v) is 10.1. The lowest BCUT2D eigenvalue weighted by Crippen LogP contribution is -2.57. The number of ether oxygens (including phenoxy) is 1. The Labute approximate surface area is 141 Å². The fourth-order valence-corrected chi connectivity index (χ4v) is 7.67. The van der Waals surface area contributed by atoms with Crippen molar-refractivity contribution in [2.45, 2.75) is 91.1 Å². The average molecular weight is 319 g/mol. The van der Waals surface area contributed by atoms with Crippen LogP contribution in [-0.4, -0.2) is 12.1 Å². The van der Waals surface area contributed by atoms with Gasteiger partial charge >= 0.3 is 5.97 Å². The van der Waals surface area contributed by atoms with Gasteiger partial charge in [0, 0.05) is 12.3 Å². The zero-order valence-corrected chi connectivity index (χ0v) is 15.3. The van der Waals surface area contributed by atoms with Gasteiger partial charge in [-0.2, -0.15) is 0 Å². The topological polar surface area (TPSA) is 26.3 Å². The number of carbonyl (C=O) groups is 1. The molecule has 0 unspecified atom stereocenters. The summed E-state index contributed by atoms with van der Waals surface area (Å²) in [6, 6.07) is 0. The Bertz CT molecular complexity index is 486. The molecule has 0 amide bonds. The second-order valence-corrected chi connectivity index (χ2v) is 9.63. The van der Waals surface area contributed by atoms with Gasteiger partial charge in [0.15, 0.2) is 0 Å². The van der Waals surface area contributed by atoms with Crippen molar-refractivity contribution in [2.24, 2.45) is 34.5 Å². The molecule has 7 atom stereocenters. The minimum atomic E-state index is -0.0690. The van der Waals surface area contributed by atoms with E-state index in [4.69, 9.17) is 4.74 Å². The van der Waals surface area contributed by atoms with Crippen molar-refractivity contribution < 1.29 is 9.53 Å². The predicted octanol–water partition coefficient (Wildman–Crippen LogP) is 5.35. The smallest absolute Gasteiger partial charge is 0.302 e. The molecule has 23 heavy (non-hydrogen) atoms.